The summed E-state index contributed by atoms with van der Waals surface area (Å²) < 4.78 is 6.91. The van der Waals surface area contributed by atoms with E-state index in [-0.39, 0.29) is 0 Å². The first kappa shape index (κ1) is 14.6. The lowest BCUT2D eigenvalue weighted by Gasteiger charge is -2.27. The zero-order chi connectivity index (χ0) is 15.0. The van der Waals surface area contributed by atoms with Crippen LogP contribution in [0.5, 0.6) is 5.75 Å². The summed E-state index contributed by atoms with van der Waals surface area (Å²) in [5.74, 6) is 1.03. The third-order valence-electron chi connectivity index (χ3n) is 4.06. The van der Waals surface area contributed by atoms with Gasteiger partial charge in [0.2, 0.25) is 0 Å². The zero-order valence-corrected chi connectivity index (χ0v) is 14.0. The largest absolute Gasteiger partial charge is 0.493 e. The maximum atomic E-state index is 6.61. The highest BCUT2D eigenvalue weighted by Crippen LogP contribution is 2.36. The van der Waals surface area contributed by atoms with Crippen molar-refractivity contribution in [2.45, 2.75) is 32.2 Å². The van der Waals surface area contributed by atoms with Crippen molar-refractivity contribution in [1.29, 1.82) is 0 Å². The van der Waals surface area contributed by atoms with Gasteiger partial charge in [0.05, 0.1) is 6.61 Å². The van der Waals surface area contributed by atoms with Gasteiger partial charge in [-0.1, -0.05) is 45.8 Å². The van der Waals surface area contributed by atoms with E-state index in [9.17, 15) is 0 Å². The topological polar surface area (TPSA) is 35.2 Å². The molecule has 3 rings (SSSR count). The van der Waals surface area contributed by atoms with Crippen LogP contribution in [0, 0.1) is 6.92 Å². The third-order valence-corrected chi connectivity index (χ3v) is 4.52. The fraction of sp³-hybridized carbons (Fsp3) is 0.333. The van der Waals surface area contributed by atoms with Crippen LogP contribution in [-0.4, -0.2) is 6.61 Å². The second-order valence-corrected chi connectivity index (χ2v) is 7.03. The molecule has 1 aliphatic heterocycles. The standard InChI is InChI=1S/C18H20BrNO/c1-12-4-3-5-15(8-12)18(2,20)11-14-10-16(19)9-13-6-7-21-17(13)14/h3-5,8-10H,6-7,11,20H2,1-2H3. The van der Waals surface area contributed by atoms with Crippen molar-refractivity contribution < 1.29 is 4.74 Å². The summed E-state index contributed by atoms with van der Waals surface area (Å²) in [6.07, 6.45) is 1.74. The first-order valence-corrected chi connectivity index (χ1v) is 8.05. The molecule has 0 aliphatic carbocycles. The van der Waals surface area contributed by atoms with Crippen LogP contribution in [0.4, 0.5) is 0 Å². The number of aryl methyl sites for hydroxylation is 1. The Balaban J connectivity index is 1.96. The molecule has 0 saturated heterocycles. The summed E-state index contributed by atoms with van der Waals surface area (Å²) in [4.78, 5) is 0. The Morgan fingerprint density at radius 2 is 2.10 bits per heavy atom. The summed E-state index contributed by atoms with van der Waals surface area (Å²) in [5.41, 5.74) is 11.1. The van der Waals surface area contributed by atoms with E-state index in [0.717, 1.165) is 35.2 Å². The fourth-order valence-corrected chi connectivity index (χ4v) is 3.53. The van der Waals surface area contributed by atoms with E-state index in [1.165, 1.54) is 16.7 Å². The van der Waals surface area contributed by atoms with Gasteiger partial charge in [-0.3, -0.25) is 0 Å². The summed E-state index contributed by atoms with van der Waals surface area (Å²) in [5, 5.41) is 0. The quantitative estimate of drug-likeness (QED) is 0.908. The van der Waals surface area contributed by atoms with Crippen LogP contribution in [0.15, 0.2) is 40.9 Å². The summed E-state index contributed by atoms with van der Waals surface area (Å²) in [6, 6.07) is 12.7. The molecule has 2 aromatic rings. The summed E-state index contributed by atoms with van der Waals surface area (Å²) in [6.45, 7) is 4.95. The van der Waals surface area contributed by atoms with E-state index < -0.39 is 5.54 Å². The predicted octanol–water partition coefficient (Wildman–Crippen LogP) is 4.11. The van der Waals surface area contributed by atoms with Crippen LogP contribution in [-0.2, 0) is 18.4 Å². The highest BCUT2D eigenvalue weighted by atomic mass is 79.9. The van der Waals surface area contributed by atoms with Gasteiger partial charge in [0.15, 0.2) is 0 Å². The van der Waals surface area contributed by atoms with Gasteiger partial charge in [-0.25, -0.2) is 0 Å². The second-order valence-electron chi connectivity index (χ2n) is 6.12. The Bertz CT molecular complexity index is 679. The summed E-state index contributed by atoms with van der Waals surface area (Å²) >= 11 is 3.59. The molecule has 0 aromatic heterocycles. The van der Waals surface area contributed by atoms with E-state index in [2.05, 4.69) is 66.2 Å². The average Bonchev–Trinajstić information content (AvgIpc) is 2.86. The first-order valence-electron chi connectivity index (χ1n) is 7.26. The van der Waals surface area contributed by atoms with Crippen molar-refractivity contribution in [2.75, 3.05) is 6.61 Å². The minimum Gasteiger partial charge on any atom is -0.493 e. The van der Waals surface area contributed by atoms with E-state index in [4.69, 9.17) is 10.5 Å². The summed E-state index contributed by atoms with van der Waals surface area (Å²) in [7, 11) is 0. The van der Waals surface area contributed by atoms with Crippen LogP contribution in [0.1, 0.15) is 29.2 Å². The second kappa shape index (κ2) is 5.47. The number of fused-ring (bicyclic) bond motifs is 1. The molecule has 0 fully saturated rings. The number of ether oxygens (including phenoxy) is 1. The molecule has 2 N–H and O–H groups in total. The van der Waals surface area contributed by atoms with E-state index >= 15 is 0 Å². The van der Waals surface area contributed by atoms with Gasteiger partial charge in [0.25, 0.3) is 0 Å². The van der Waals surface area contributed by atoms with Crippen LogP contribution >= 0.6 is 15.9 Å². The minimum absolute atomic E-state index is 0.410. The molecule has 0 amide bonds. The molecule has 1 unspecified atom stereocenters. The molecule has 1 atom stereocenters. The number of benzene rings is 2. The van der Waals surface area contributed by atoms with Crippen LogP contribution in [0.25, 0.3) is 0 Å². The van der Waals surface area contributed by atoms with Crippen molar-refractivity contribution in [3.05, 3.63) is 63.1 Å². The predicted molar refractivity (Wildman–Crippen MR) is 89.8 cm³/mol. The van der Waals surface area contributed by atoms with Gasteiger partial charge in [-0.05, 0) is 49.1 Å². The molecule has 0 spiro atoms. The van der Waals surface area contributed by atoms with Crippen LogP contribution in [0.2, 0.25) is 0 Å². The average molecular weight is 346 g/mol. The smallest absolute Gasteiger partial charge is 0.125 e. The van der Waals surface area contributed by atoms with Crippen molar-refractivity contribution >= 4 is 15.9 Å². The monoisotopic (exact) mass is 345 g/mol. The first-order chi connectivity index (χ1) is 9.95. The highest BCUT2D eigenvalue weighted by molar-refractivity contribution is 9.10. The third kappa shape index (κ3) is 2.99. The van der Waals surface area contributed by atoms with Gasteiger partial charge in [-0.2, -0.15) is 0 Å². The molecule has 0 radical (unpaired) electrons. The minimum atomic E-state index is -0.410. The van der Waals surface area contributed by atoms with Gasteiger partial charge in [0.1, 0.15) is 5.75 Å². The molecular weight excluding hydrogens is 326 g/mol. The molecule has 21 heavy (non-hydrogen) atoms. The molecule has 0 saturated carbocycles. The normalized spacial score (nSPS) is 16.2. The van der Waals surface area contributed by atoms with Gasteiger partial charge in [0, 0.05) is 16.4 Å². The van der Waals surface area contributed by atoms with E-state index in [0.29, 0.717) is 0 Å². The molecular formula is C18H20BrNO. The number of halogens is 1. The van der Waals surface area contributed by atoms with Gasteiger partial charge < -0.3 is 10.5 Å². The maximum absolute atomic E-state index is 6.61. The Morgan fingerprint density at radius 1 is 1.29 bits per heavy atom. The molecule has 1 aliphatic rings. The van der Waals surface area contributed by atoms with Crippen molar-refractivity contribution in [3.8, 4) is 5.75 Å². The van der Waals surface area contributed by atoms with E-state index in [1.54, 1.807) is 0 Å². The van der Waals surface area contributed by atoms with Crippen molar-refractivity contribution in [3.63, 3.8) is 0 Å². The highest BCUT2D eigenvalue weighted by Gasteiger charge is 2.26. The van der Waals surface area contributed by atoms with Gasteiger partial charge >= 0.3 is 0 Å². The lowest BCUT2D eigenvalue weighted by Crippen LogP contribution is -2.35. The molecule has 3 heteroatoms. The lowest BCUT2D eigenvalue weighted by atomic mass is 9.85. The van der Waals surface area contributed by atoms with Crippen LogP contribution < -0.4 is 10.5 Å². The molecule has 110 valence electrons. The number of hydrogen-bond donors (Lipinski definition) is 1. The lowest BCUT2D eigenvalue weighted by molar-refractivity contribution is 0.349. The molecule has 0 bridgehead atoms. The van der Waals surface area contributed by atoms with E-state index in [1.807, 2.05) is 0 Å². The van der Waals surface area contributed by atoms with Crippen LogP contribution in [0.3, 0.4) is 0 Å². The molecule has 1 heterocycles. The fourth-order valence-electron chi connectivity index (χ4n) is 2.98. The van der Waals surface area contributed by atoms with Gasteiger partial charge in [-0.15, -0.1) is 0 Å². The number of hydrogen-bond acceptors (Lipinski definition) is 2. The molecule has 2 nitrogen and oxygen atoms in total. The Kier molecular flexibility index (Phi) is 3.80. The Labute approximate surface area is 134 Å². The zero-order valence-electron chi connectivity index (χ0n) is 12.4. The Morgan fingerprint density at radius 3 is 2.86 bits per heavy atom. The Hall–Kier alpha value is -1.32. The molecule has 2 aromatic carbocycles. The number of nitrogens with two attached hydrogens (primary N) is 1. The maximum Gasteiger partial charge on any atom is 0.125 e. The number of rotatable bonds is 3. The van der Waals surface area contributed by atoms with Crippen molar-refractivity contribution in [1.82, 2.24) is 0 Å². The van der Waals surface area contributed by atoms with Crippen molar-refractivity contribution in [2.24, 2.45) is 5.73 Å². The SMILES string of the molecule is Cc1cccc(C(C)(N)Cc2cc(Br)cc3c2OCC3)c1.